The highest BCUT2D eigenvalue weighted by Gasteiger charge is 2.04. The summed E-state index contributed by atoms with van der Waals surface area (Å²) < 4.78 is 10.5. The van der Waals surface area contributed by atoms with Gasteiger partial charge in [-0.15, -0.1) is 0 Å². The molecule has 2 aromatic rings. The Kier molecular flexibility index (Phi) is 3.40. The highest BCUT2D eigenvalue weighted by Crippen LogP contribution is 2.33. The van der Waals surface area contributed by atoms with Crippen molar-refractivity contribution in [3.05, 3.63) is 47.5 Å². The zero-order valence-electron chi connectivity index (χ0n) is 9.18. The molecule has 0 saturated carbocycles. The van der Waals surface area contributed by atoms with Gasteiger partial charge in [0.25, 0.3) is 0 Å². The highest BCUT2D eigenvalue weighted by atomic mass is 35.5. The summed E-state index contributed by atoms with van der Waals surface area (Å²) in [5, 5.41) is 10.1. The van der Waals surface area contributed by atoms with E-state index in [1.807, 2.05) is 0 Å². The molecular weight excluding hydrogens is 240 g/mol. The summed E-state index contributed by atoms with van der Waals surface area (Å²) >= 11 is 5.82. The fraction of sp³-hybridized carbons (Fsp3) is 0.0769. The molecule has 0 heterocycles. The average molecular weight is 251 g/mol. The molecule has 0 fully saturated rings. The molecule has 17 heavy (non-hydrogen) atoms. The lowest BCUT2D eigenvalue weighted by atomic mass is 10.3. The van der Waals surface area contributed by atoms with Crippen LogP contribution in [-0.4, -0.2) is 12.2 Å². The molecule has 0 saturated heterocycles. The molecule has 1 N–H and O–H groups in total. The molecule has 3 nitrogen and oxygen atoms in total. The number of methoxy groups -OCH3 is 1. The van der Waals surface area contributed by atoms with Crippen molar-refractivity contribution in [1.29, 1.82) is 0 Å². The van der Waals surface area contributed by atoms with Crippen molar-refractivity contribution in [1.82, 2.24) is 0 Å². The van der Waals surface area contributed by atoms with Gasteiger partial charge >= 0.3 is 0 Å². The summed E-state index contributed by atoms with van der Waals surface area (Å²) in [5.41, 5.74) is 0. The van der Waals surface area contributed by atoms with Crippen LogP contribution >= 0.6 is 11.6 Å². The van der Waals surface area contributed by atoms with E-state index in [-0.39, 0.29) is 5.75 Å². The summed E-state index contributed by atoms with van der Waals surface area (Å²) in [7, 11) is 1.60. The van der Waals surface area contributed by atoms with E-state index in [4.69, 9.17) is 21.1 Å². The first-order chi connectivity index (χ1) is 8.19. The number of benzene rings is 2. The minimum absolute atomic E-state index is 0.0465. The normalized spacial score (nSPS) is 10.0. The lowest BCUT2D eigenvalue weighted by molar-refractivity contribution is 0.405. The van der Waals surface area contributed by atoms with Crippen molar-refractivity contribution >= 4 is 11.6 Å². The van der Waals surface area contributed by atoms with E-state index in [2.05, 4.69) is 0 Å². The minimum atomic E-state index is 0.0465. The number of hydrogen-bond donors (Lipinski definition) is 1. The zero-order valence-corrected chi connectivity index (χ0v) is 9.94. The van der Waals surface area contributed by atoms with Crippen LogP contribution in [0.1, 0.15) is 0 Å². The molecule has 2 rings (SSSR count). The van der Waals surface area contributed by atoms with Crippen LogP contribution in [0.4, 0.5) is 0 Å². The molecule has 0 amide bonds. The monoisotopic (exact) mass is 250 g/mol. The Labute approximate surface area is 104 Å². The molecule has 88 valence electrons. The van der Waals surface area contributed by atoms with Gasteiger partial charge in [0.2, 0.25) is 0 Å². The summed E-state index contributed by atoms with van der Waals surface area (Å²) in [6.45, 7) is 0. The number of ether oxygens (including phenoxy) is 2. The Bertz CT molecular complexity index is 509. The topological polar surface area (TPSA) is 38.7 Å². The van der Waals surface area contributed by atoms with Crippen molar-refractivity contribution in [2.24, 2.45) is 0 Å². The fourth-order valence-corrected chi connectivity index (χ4v) is 1.50. The third kappa shape index (κ3) is 2.82. The van der Waals surface area contributed by atoms with Gasteiger partial charge in [-0.05, 0) is 36.4 Å². The van der Waals surface area contributed by atoms with Crippen LogP contribution in [0.5, 0.6) is 23.0 Å². The van der Waals surface area contributed by atoms with Crippen LogP contribution in [0.2, 0.25) is 5.02 Å². The Balaban J connectivity index is 2.22. The molecule has 0 aliphatic rings. The number of aromatic hydroxyl groups is 1. The Morgan fingerprint density at radius 2 is 1.65 bits per heavy atom. The van der Waals surface area contributed by atoms with Gasteiger partial charge in [0.05, 0.1) is 7.11 Å². The predicted molar refractivity (Wildman–Crippen MR) is 66.2 cm³/mol. The molecule has 4 heteroatoms. The summed E-state index contributed by atoms with van der Waals surface area (Å²) in [4.78, 5) is 0. The first-order valence-corrected chi connectivity index (χ1v) is 5.37. The molecule has 0 aromatic heterocycles. The van der Waals surface area contributed by atoms with Crippen molar-refractivity contribution in [2.45, 2.75) is 0 Å². The van der Waals surface area contributed by atoms with Crippen LogP contribution in [-0.2, 0) is 0 Å². The van der Waals surface area contributed by atoms with Crippen molar-refractivity contribution in [2.75, 3.05) is 7.11 Å². The third-order valence-electron chi connectivity index (χ3n) is 2.21. The standard InChI is InChI=1S/C13H11ClO3/c1-16-10-3-5-11(6-4-10)17-13-8-9(14)2-7-12(13)15/h2-8,15H,1H3. The molecule has 0 aliphatic carbocycles. The Morgan fingerprint density at radius 1 is 1.00 bits per heavy atom. The van der Waals surface area contributed by atoms with E-state index in [9.17, 15) is 5.11 Å². The molecule has 0 bridgehead atoms. The van der Waals surface area contributed by atoms with Gasteiger partial charge < -0.3 is 14.6 Å². The molecule has 0 aliphatic heterocycles. The minimum Gasteiger partial charge on any atom is -0.504 e. The highest BCUT2D eigenvalue weighted by molar-refractivity contribution is 6.30. The molecule has 0 spiro atoms. The zero-order chi connectivity index (χ0) is 12.3. The molecular formula is C13H11ClO3. The second-order valence-corrected chi connectivity index (χ2v) is 3.83. The van der Waals surface area contributed by atoms with E-state index in [0.717, 1.165) is 5.75 Å². The van der Waals surface area contributed by atoms with Gasteiger partial charge in [-0.25, -0.2) is 0 Å². The van der Waals surface area contributed by atoms with Crippen molar-refractivity contribution in [3.63, 3.8) is 0 Å². The molecule has 0 unspecified atom stereocenters. The quantitative estimate of drug-likeness (QED) is 0.899. The number of rotatable bonds is 3. The van der Waals surface area contributed by atoms with Gasteiger partial charge in [0.1, 0.15) is 11.5 Å². The number of phenols is 1. The summed E-state index contributed by atoms with van der Waals surface area (Å²) in [6.07, 6.45) is 0. The maximum Gasteiger partial charge on any atom is 0.170 e. The van der Waals surface area contributed by atoms with E-state index >= 15 is 0 Å². The van der Waals surface area contributed by atoms with Crippen LogP contribution in [0.15, 0.2) is 42.5 Å². The van der Waals surface area contributed by atoms with Crippen LogP contribution in [0.3, 0.4) is 0 Å². The average Bonchev–Trinajstić information content (AvgIpc) is 2.35. The number of halogens is 1. The van der Waals surface area contributed by atoms with Crippen LogP contribution in [0, 0.1) is 0 Å². The lowest BCUT2D eigenvalue weighted by Gasteiger charge is -2.08. The van der Waals surface area contributed by atoms with E-state index in [1.54, 1.807) is 43.5 Å². The molecule has 2 aromatic carbocycles. The largest absolute Gasteiger partial charge is 0.504 e. The van der Waals surface area contributed by atoms with Gasteiger partial charge in [-0.2, -0.15) is 0 Å². The SMILES string of the molecule is COc1ccc(Oc2cc(Cl)ccc2O)cc1. The first-order valence-electron chi connectivity index (χ1n) is 4.99. The smallest absolute Gasteiger partial charge is 0.170 e. The Hall–Kier alpha value is -1.87. The maximum atomic E-state index is 9.59. The van der Waals surface area contributed by atoms with E-state index < -0.39 is 0 Å². The molecule has 0 radical (unpaired) electrons. The third-order valence-corrected chi connectivity index (χ3v) is 2.44. The van der Waals surface area contributed by atoms with E-state index in [1.165, 1.54) is 6.07 Å². The maximum absolute atomic E-state index is 9.59. The first kappa shape index (κ1) is 11.6. The summed E-state index contributed by atoms with van der Waals surface area (Å²) in [6, 6.07) is 11.7. The van der Waals surface area contributed by atoms with Crippen LogP contribution < -0.4 is 9.47 Å². The van der Waals surface area contributed by atoms with Crippen molar-refractivity contribution in [3.8, 4) is 23.0 Å². The van der Waals surface area contributed by atoms with Gasteiger partial charge in [-0.3, -0.25) is 0 Å². The fourth-order valence-electron chi connectivity index (χ4n) is 1.34. The van der Waals surface area contributed by atoms with Crippen molar-refractivity contribution < 1.29 is 14.6 Å². The number of phenolic OH excluding ortho intramolecular Hbond substituents is 1. The van der Waals surface area contributed by atoms with Gasteiger partial charge in [-0.1, -0.05) is 11.6 Å². The number of hydrogen-bond acceptors (Lipinski definition) is 3. The second-order valence-electron chi connectivity index (χ2n) is 3.39. The second kappa shape index (κ2) is 4.97. The van der Waals surface area contributed by atoms with E-state index in [0.29, 0.717) is 16.5 Å². The molecule has 0 atom stereocenters. The van der Waals surface area contributed by atoms with Gasteiger partial charge in [0, 0.05) is 11.1 Å². The summed E-state index contributed by atoms with van der Waals surface area (Å²) in [5.74, 6) is 1.71. The Morgan fingerprint density at radius 3 is 2.29 bits per heavy atom. The lowest BCUT2D eigenvalue weighted by Crippen LogP contribution is -1.86. The van der Waals surface area contributed by atoms with Gasteiger partial charge in [0.15, 0.2) is 11.5 Å². The van der Waals surface area contributed by atoms with Crippen LogP contribution in [0.25, 0.3) is 0 Å². The predicted octanol–water partition coefficient (Wildman–Crippen LogP) is 3.85.